The minimum Gasteiger partial charge on any atom is -0.378 e. The van der Waals surface area contributed by atoms with Gasteiger partial charge in [-0.3, -0.25) is 4.99 Å². The largest absolute Gasteiger partial charge is 0.378 e. The Morgan fingerprint density at radius 2 is 2.17 bits per heavy atom. The van der Waals surface area contributed by atoms with Crippen molar-refractivity contribution in [3.8, 4) is 0 Å². The van der Waals surface area contributed by atoms with E-state index in [-0.39, 0.29) is 11.0 Å². The zero-order valence-electron chi connectivity index (χ0n) is 14.6. The van der Waals surface area contributed by atoms with Gasteiger partial charge in [-0.1, -0.05) is 31.5 Å². The molecule has 0 aromatic carbocycles. The molecule has 6 heteroatoms. The van der Waals surface area contributed by atoms with Gasteiger partial charge in [0.2, 0.25) is 0 Å². The number of pyridine rings is 1. The lowest BCUT2D eigenvalue weighted by molar-refractivity contribution is -0.176. The van der Waals surface area contributed by atoms with E-state index in [2.05, 4.69) is 41.4 Å². The Morgan fingerprint density at radius 1 is 1.43 bits per heavy atom. The maximum atomic E-state index is 5.79. The van der Waals surface area contributed by atoms with E-state index in [9.17, 15) is 0 Å². The molecule has 0 radical (unpaired) electrons. The quantitative estimate of drug-likeness (QED) is 0.492. The van der Waals surface area contributed by atoms with Crippen LogP contribution in [0.5, 0.6) is 0 Å². The number of ether oxygens (including phenoxy) is 1. The Kier molecular flexibility index (Phi) is 5.53. The average Bonchev–Trinajstić information content (AvgIpc) is 2.54. The van der Waals surface area contributed by atoms with Crippen LogP contribution in [0.3, 0.4) is 0 Å². The lowest BCUT2D eigenvalue weighted by Crippen LogP contribution is -2.69. The van der Waals surface area contributed by atoms with Gasteiger partial charge >= 0.3 is 0 Å². The van der Waals surface area contributed by atoms with Crippen molar-refractivity contribution in [3.63, 3.8) is 0 Å². The monoisotopic (exact) mass is 338 g/mol. The maximum Gasteiger partial charge on any atom is 0.191 e. The minimum atomic E-state index is -0.0848. The molecular weight excluding hydrogens is 312 g/mol. The third-order valence-electron chi connectivity index (χ3n) is 5.31. The minimum absolute atomic E-state index is 0.0550. The average molecular weight is 339 g/mol. The molecule has 1 saturated carbocycles. The molecule has 1 aromatic rings. The predicted molar refractivity (Wildman–Crippen MR) is 95.0 cm³/mol. The lowest BCUT2D eigenvalue weighted by atomic mass is 9.56. The van der Waals surface area contributed by atoms with Crippen LogP contribution in [0, 0.1) is 5.41 Å². The molecule has 1 aliphatic rings. The van der Waals surface area contributed by atoms with E-state index in [0.29, 0.717) is 11.2 Å². The number of nitrogens with zero attached hydrogens (tertiary/aromatic N) is 2. The second-order valence-corrected chi connectivity index (χ2v) is 7.18. The first-order valence-electron chi connectivity index (χ1n) is 7.95. The highest BCUT2D eigenvalue weighted by molar-refractivity contribution is 6.29. The fraction of sp³-hybridized carbons (Fsp3) is 0.647. The van der Waals surface area contributed by atoms with Crippen molar-refractivity contribution in [2.75, 3.05) is 20.7 Å². The molecule has 2 N–H and O–H groups in total. The first kappa shape index (κ1) is 18.0. The number of aromatic nitrogens is 1. The van der Waals surface area contributed by atoms with Crippen LogP contribution in [0.4, 0.5) is 0 Å². The van der Waals surface area contributed by atoms with E-state index >= 15 is 0 Å². The number of methoxy groups -OCH3 is 1. The van der Waals surface area contributed by atoms with Crippen molar-refractivity contribution in [2.45, 2.75) is 45.3 Å². The van der Waals surface area contributed by atoms with Crippen LogP contribution in [0.1, 0.15) is 32.8 Å². The van der Waals surface area contributed by atoms with Crippen molar-refractivity contribution >= 4 is 17.6 Å². The summed E-state index contributed by atoms with van der Waals surface area (Å²) >= 11 is 5.79. The molecule has 5 nitrogen and oxygen atoms in total. The summed E-state index contributed by atoms with van der Waals surface area (Å²) in [6.07, 6.45) is 3.65. The predicted octanol–water partition coefficient (Wildman–Crippen LogP) is 2.65. The summed E-state index contributed by atoms with van der Waals surface area (Å²) in [6, 6.07) is 4.15. The highest BCUT2D eigenvalue weighted by Gasteiger charge is 2.57. The molecule has 2 unspecified atom stereocenters. The number of nitrogens with one attached hydrogen (secondary N) is 2. The number of aliphatic imine (C=N–C) groups is 1. The van der Waals surface area contributed by atoms with E-state index in [1.807, 2.05) is 12.1 Å². The summed E-state index contributed by atoms with van der Waals surface area (Å²) in [7, 11) is 3.57. The Hall–Kier alpha value is -1.33. The highest BCUT2D eigenvalue weighted by Crippen LogP contribution is 2.51. The Balaban J connectivity index is 1.82. The number of hydrogen-bond acceptors (Lipinski definition) is 3. The summed E-state index contributed by atoms with van der Waals surface area (Å²) in [5, 5.41) is 7.37. The van der Waals surface area contributed by atoms with Gasteiger partial charge in [0.05, 0.1) is 5.60 Å². The van der Waals surface area contributed by atoms with Gasteiger partial charge in [-0.05, 0) is 31.4 Å². The lowest BCUT2D eigenvalue weighted by Gasteiger charge is -2.59. The molecule has 0 bridgehead atoms. The molecule has 1 fully saturated rings. The molecule has 0 amide bonds. The zero-order chi connectivity index (χ0) is 17.1. The van der Waals surface area contributed by atoms with Gasteiger partial charge in [0.1, 0.15) is 5.15 Å². The molecule has 2 atom stereocenters. The van der Waals surface area contributed by atoms with Gasteiger partial charge in [-0.2, -0.15) is 0 Å². The van der Waals surface area contributed by atoms with Crippen molar-refractivity contribution in [1.82, 2.24) is 15.6 Å². The Bertz CT molecular complexity index is 558. The molecule has 23 heavy (non-hydrogen) atoms. The molecular formula is C17H27ClN4O. The van der Waals surface area contributed by atoms with Gasteiger partial charge in [-0.15, -0.1) is 0 Å². The van der Waals surface area contributed by atoms with Crippen molar-refractivity contribution in [3.05, 3.63) is 29.0 Å². The fourth-order valence-electron chi connectivity index (χ4n) is 2.96. The van der Waals surface area contributed by atoms with E-state index in [4.69, 9.17) is 16.3 Å². The molecule has 1 aliphatic carbocycles. The van der Waals surface area contributed by atoms with Gasteiger partial charge in [0.25, 0.3) is 0 Å². The molecule has 1 aromatic heterocycles. The standard InChI is InChI=1S/C17H27ClN4O/c1-16(2)13(10-17(16,3)23-5)22-15(19-4)20-9-8-12-6-7-14(18)21-11-12/h6-7,11,13H,8-10H2,1-5H3,(H2,19,20,22). The smallest absolute Gasteiger partial charge is 0.191 e. The van der Waals surface area contributed by atoms with Gasteiger partial charge in [0.15, 0.2) is 5.96 Å². The van der Waals surface area contributed by atoms with Crippen LogP contribution in [0.15, 0.2) is 23.3 Å². The van der Waals surface area contributed by atoms with Crippen LogP contribution in [0.2, 0.25) is 5.15 Å². The van der Waals surface area contributed by atoms with Crippen molar-refractivity contribution < 1.29 is 4.74 Å². The van der Waals surface area contributed by atoms with Crippen LogP contribution in [0.25, 0.3) is 0 Å². The maximum absolute atomic E-state index is 5.79. The third kappa shape index (κ3) is 3.78. The third-order valence-corrected chi connectivity index (χ3v) is 5.53. The zero-order valence-corrected chi connectivity index (χ0v) is 15.4. The molecule has 2 rings (SSSR count). The number of rotatable bonds is 5. The number of hydrogen-bond donors (Lipinski definition) is 2. The second-order valence-electron chi connectivity index (χ2n) is 6.80. The second kappa shape index (κ2) is 7.05. The van der Waals surface area contributed by atoms with Crippen molar-refractivity contribution in [2.24, 2.45) is 10.4 Å². The van der Waals surface area contributed by atoms with Crippen LogP contribution in [-0.2, 0) is 11.2 Å². The first-order chi connectivity index (χ1) is 10.8. The van der Waals surface area contributed by atoms with Gasteiger partial charge < -0.3 is 15.4 Å². The summed E-state index contributed by atoms with van der Waals surface area (Å²) in [4.78, 5) is 8.40. The first-order valence-corrected chi connectivity index (χ1v) is 8.33. The van der Waals surface area contributed by atoms with Gasteiger partial charge in [0, 0.05) is 38.4 Å². The van der Waals surface area contributed by atoms with Crippen LogP contribution < -0.4 is 10.6 Å². The Morgan fingerprint density at radius 3 is 2.70 bits per heavy atom. The molecule has 0 saturated heterocycles. The molecule has 128 valence electrons. The summed E-state index contributed by atoms with van der Waals surface area (Å²) < 4.78 is 5.66. The van der Waals surface area contributed by atoms with Crippen LogP contribution in [-0.4, -0.2) is 43.3 Å². The van der Waals surface area contributed by atoms with E-state index in [1.165, 1.54) is 0 Å². The van der Waals surface area contributed by atoms with Crippen LogP contribution >= 0.6 is 11.6 Å². The number of guanidine groups is 1. The van der Waals surface area contributed by atoms with E-state index in [1.54, 1.807) is 20.4 Å². The highest BCUT2D eigenvalue weighted by atomic mass is 35.5. The molecule has 0 spiro atoms. The Labute approximate surface area is 143 Å². The number of halogens is 1. The summed E-state index contributed by atoms with van der Waals surface area (Å²) in [5.74, 6) is 0.822. The topological polar surface area (TPSA) is 58.5 Å². The summed E-state index contributed by atoms with van der Waals surface area (Å²) in [6.45, 7) is 7.40. The normalized spacial score (nSPS) is 26.5. The fourth-order valence-corrected chi connectivity index (χ4v) is 3.07. The van der Waals surface area contributed by atoms with E-state index in [0.717, 1.165) is 30.9 Å². The molecule has 1 heterocycles. The summed E-state index contributed by atoms with van der Waals surface area (Å²) in [5.41, 5.74) is 1.12. The van der Waals surface area contributed by atoms with Crippen molar-refractivity contribution in [1.29, 1.82) is 0 Å². The van der Waals surface area contributed by atoms with E-state index < -0.39 is 0 Å². The SMILES string of the molecule is CN=C(NCCc1ccc(Cl)nc1)NC1CC(C)(OC)C1(C)C. The molecule has 0 aliphatic heterocycles. The van der Waals surface area contributed by atoms with Gasteiger partial charge in [-0.25, -0.2) is 4.98 Å².